The molecule has 0 saturated carbocycles. The van der Waals surface area contributed by atoms with Crippen LogP contribution in [0.25, 0.3) is 0 Å². The van der Waals surface area contributed by atoms with Crippen LogP contribution in [0.2, 0.25) is 0 Å². The number of ether oxygens (including phenoxy) is 1. The maximum Gasteiger partial charge on any atom is 0.142 e. The molecule has 1 aliphatic rings. The lowest BCUT2D eigenvalue weighted by Gasteiger charge is -2.32. The van der Waals surface area contributed by atoms with Crippen LogP contribution in [0.1, 0.15) is 12.0 Å². The van der Waals surface area contributed by atoms with Crippen molar-refractivity contribution in [3.63, 3.8) is 0 Å². The molecule has 0 radical (unpaired) electrons. The second-order valence-electron chi connectivity index (χ2n) is 3.85. The highest BCUT2D eigenvalue weighted by molar-refractivity contribution is 5.65. The zero-order chi connectivity index (χ0) is 10.7. The SMILES string of the molecule is COc1cccc2c1N(CCN)CCC2. The maximum atomic E-state index is 5.63. The molecule has 2 N–H and O–H groups in total. The molecule has 82 valence electrons. The highest BCUT2D eigenvalue weighted by atomic mass is 16.5. The van der Waals surface area contributed by atoms with E-state index in [1.807, 2.05) is 6.07 Å². The number of benzene rings is 1. The molecule has 1 heterocycles. The highest BCUT2D eigenvalue weighted by Gasteiger charge is 2.19. The molecule has 0 unspecified atom stereocenters. The van der Waals surface area contributed by atoms with Crippen LogP contribution in [0.15, 0.2) is 18.2 Å². The lowest BCUT2D eigenvalue weighted by Crippen LogP contribution is -2.34. The summed E-state index contributed by atoms with van der Waals surface area (Å²) in [7, 11) is 1.73. The summed E-state index contributed by atoms with van der Waals surface area (Å²) in [5.41, 5.74) is 8.26. The number of fused-ring (bicyclic) bond motifs is 1. The molecule has 15 heavy (non-hydrogen) atoms. The highest BCUT2D eigenvalue weighted by Crippen LogP contribution is 2.35. The minimum atomic E-state index is 0.692. The normalized spacial score (nSPS) is 14.9. The predicted molar refractivity (Wildman–Crippen MR) is 62.6 cm³/mol. The largest absolute Gasteiger partial charge is 0.495 e. The lowest BCUT2D eigenvalue weighted by atomic mass is 10.0. The summed E-state index contributed by atoms with van der Waals surface area (Å²) in [5.74, 6) is 0.973. The number of nitrogens with zero attached hydrogens (tertiary/aromatic N) is 1. The van der Waals surface area contributed by atoms with Gasteiger partial charge in [0.2, 0.25) is 0 Å². The smallest absolute Gasteiger partial charge is 0.142 e. The van der Waals surface area contributed by atoms with Gasteiger partial charge >= 0.3 is 0 Å². The molecule has 0 saturated heterocycles. The van der Waals surface area contributed by atoms with Crippen molar-refractivity contribution in [3.8, 4) is 5.75 Å². The fourth-order valence-corrected chi connectivity index (χ4v) is 2.24. The molecule has 3 heteroatoms. The molecule has 0 amide bonds. The number of para-hydroxylation sites is 1. The van der Waals surface area contributed by atoms with Gasteiger partial charge in [0.25, 0.3) is 0 Å². The molecule has 0 aliphatic carbocycles. The molecule has 1 aliphatic heterocycles. The standard InChI is InChI=1S/C12H18N2O/c1-15-11-6-2-4-10-5-3-8-14(9-7-13)12(10)11/h2,4,6H,3,5,7-9,13H2,1H3. The van der Waals surface area contributed by atoms with Gasteiger partial charge in [0.1, 0.15) is 5.75 Å². The van der Waals surface area contributed by atoms with Crippen LogP contribution < -0.4 is 15.4 Å². The minimum absolute atomic E-state index is 0.692. The van der Waals surface area contributed by atoms with Crippen molar-refractivity contribution in [3.05, 3.63) is 23.8 Å². The summed E-state index contributed by atoms with van der Waals surface area (Å²) in [6.07, 6.45) is 2.35. The van der Waals surface area contributed by atoms with E-state index in [4.69, 9.17) is 10.5 Å². The van der Waals surface area contributed by atoms with Crippen LogP contribution >= 0.6 is 0 Å². The number of nitrogens with two attached hydrogens (primary N) is 1. The fourth-order valence-electron chi connectivity index (χ4n) is 2.24. The monoisotopic (exact) mass is 206 g/mol. The third kappa shape index (κ3) is 1.92. The number of rotatable bonds is 3. The van der Waals surface area contributed by atoms with Crippen LogP contribution in [0, 0.1) is 0 Å². The van der Waals surface area contributed by atoms with Crippen molar-refractivity contribution in [2.75, 3.05) is 31.6 Å². The van der Waals surface area contributed by atoms with Gasteiger partial charge in [0, 0.05) is 19.6 Å². The third-order valence-electron chi connectivity index (χ3n) is 2.89. The van der Waals surface area contributed by atoms with Crippen LogP contribution in [0.3, 0.4) is 0 Å². The number of anilines is 1. The van der Waals surface area contributed by atoms with Crippen molar-refractivity contribution in [1.29, 1.82) is 0 Å². The first-order valence-electron chi connectivity index (χ1n) is 5.47. The van der Waals surface area contributed by atoms with Crippen molar-refractivity contribution < 1.29 is 4.74 Å². The van der Waals surface area contributed by atoms with E-state index in [9.17, 15) is 0 Å². The van der Waals surface area contributed by atoms with Crippen molar-refractivity contribution in [1.82, 2.24) is 0 Å². The summed E-state index contributed by atoms with van der Waals surface area (Å²) in [4.78, 5) is 2.33. The minimum Gasteiger partial charge on any atom is -0.495 e. The van der Waals surface area contributed by atoms with E-state index >= 15 is 0 Å². The molecule has 0 spiro atoms. The Morgan fingerprint density at radius 2 is 2.33 bits per heavy atom. The van der Waals surface area contributed by atoms with E-state index in [1.54, 1.807) is 7.11 Å². The Morgan fingerprint density at radius 1 is 1.47 bits per heavy atom. The number of hydrogen-bond donors (Lipinski definition) is 1. The molecule has 1 aromatic carbocycles. The summed E-state index contributed by atoms with van der Waals surface area (Å²) in [6.45, 7) is 2.69. The molecule has 3 nitrogen and oxygen atoms in total. The first-order chi connectivity index (χ1) is 7.36. The van der Waals surface area contributed by atoms with E-state index in [0.717, 1.165) is 25.3 Å². The van der Waals surface area contributed by atoms with Crippen LogP contribution in [0.5, 0.6) is 5.75 Å². The Labute approximate surface area is 90.8 Å². The van der Waals surface area contributed by atoms with Gasteiger partial charge in [0.15, 0.2) is 0 Å². The van der Waals surface area contributed by atoms with Crippen LogP contribution in [-0.4, -0.2) is 26.7 Å². The van der Waals surface area contributed by atoms with E-state index in [1.165, 1.54) is 17.7 Å². The topological polar surface area (TPSA) is 38.5 Å². The Kier molecular flexibility index (Phi) is 3.11. The first kappa shape index (κ1) is 10.3. The number of methoxy groups -OCH3 is 1. The van der Waals surface area contributed by atoms with E-state index in [0.29, 0.717) is 6.54 Å². The molecule has 1 aromatic rings. The van der Waals surface area contributed by atoms with Crippen LogP contribution in [0.4, 0.5) is 5.69 Å². The van der Waals surface area contributed by atoms with Crippen molar-refractivity contribution in [2.24, 2.45) is 5.73 Å². The Bertz CT molecular complexity index is 324. The quantitative estimate of drug-likeness (QED) is 0.812. The summed E-state index contributed by atoms with van der Waals surface area (Å²) in [5, 5.41) is 0. The van der Waals surface area contributed by atoms with Gasteiger partial charge in [-0.25, -0.2) is 0 Å². The Balaban J connectivity index is 2.38. The van der Waals surface area contributed by atoms with Gasteiger partial charge in [-0.15, -0.1) is 0 Å². The average molecular weight is 206 g/mol. The summed E-state index contributed by atoms with van der Waals surface area (Å²) in [6, 6.07) is 6.26. The third-order valence-corrected chi connectivity index (χ3v) is 2.89. The Morgan fingerprint density at radius 3 is 3.07 bits per heavy atom. The molecular formula is C12H18N2O. The molecule has 0 atom stereocenters. The van der Waals surface area contributed by atoms with E-state index < -0.39 is 0 Å². The van der Waals surface area contributed by atoms with E-state index in [-0.39, 0.29) is 0 Å². The second-order valence-corrected chi connectivity index (χ2v) is 3.85. The first-order valence-corrected chi connectivity index (χ1v) is 5.47. The van der Waals surface area contributed by atoms with Gasteiger partial charge in [-0.05, 0) is 24.5 Å². The maximum absolute atomic E-state index is 5.63. The average Bonchev–Trinajstić information content (AvgIpc) is 2.29. The Hall–Kier alpha value is -1.22. The lowest BCUT2D eigenvalue weighted by molar-refractivity contribution is 0.412. The van der Waals surface area contributed by atoms with Crippen molar-refractivity contribution >= 4 is 5.69 Å². The number of aryl methyl sites for hydroxylation is 1. The van der Waals surface area contributed by atoms with Gasteiger partial charge < -0.3 is 15.4 Å². The van der Waals surface area contributed by atoms with Crippen LogP contribution in [-0.2, 0) is 6.42 Å². The second kappa shape index (κ2) is 4.53. The van der Waals surface area contributed by atoms with Gasteiger partial charge in [-0.1, -0.05) is 12.1 Å². The zero-order valence-corrected chi connectivity index (χ0v) is 9.20. The fraction of sp³-hybridized carbons (Fsp3) is 0.500. The summed E-state index contributed by atoms with van der Waals surface area (Å²) >= 11 is 0. The molecule has 2 rings (SSSR count). The van der Waals surface area contributed by atoms with Crippen molar-refractivity contribution in [2.45, 2.75) is 12.8 Å². The molecule has 0 aromatic heterocycles. The van der Waals surface area contributed by atoms with E-state index in [2.05, 4.69) is 17.0 Å². The summed E-state index contributed by atoms with van der Waals surface area (Å²) < 4.78 is 5.41. The van der Waals surface area contributed by atoms with Gasteiger partial charge in [0.05, 0.1) is 12.8 Å². The molecule has 0 fully saturated rings. The molecular weight excluding hydrogens is 188 g/mol. The zero-order valence-electron chi connectivity index (χ0n) is 9.20. The molecule has 0 bridgehead atoms. The van der Waals surface area contributed by atoms with Gasteiger partial charge in [-0.3, -0.25) is 0 Å². The van der Waals surface area contributed by atoms with Gasteiger partial charge in [-0.2, -0.15) is 0 Å². The number of hydrogen-bond acceptors (Lipinski definition) is 3. The predicted octanol–water partition coefficient (Wildman–Crippen LogP) is 1.41.